The minimum absolute atomic E-state index is 2.00. The molecule has 1 heterocycles. The van der Waals surface area contributed by atoms with Crippen molar-refractivity contribution in [3.8, 4) is 0 Å². The van der Waals surface area contributed by atoms with E-state index in [0.717, 1.165) is 0 Å². The van der Waals surface area contributed by atoms with Gasteiger partial charge in [0, 0.05) is 0 Å². The Morgan fingerprint density at radius 2 is 1.56 bits per heavy atom. The summed E-state index contributed by atoms with van der Waals surface area (Å²) in [7, 11) is 8.45. The van der Waals surface area contributed by atoms with Crippen LogP contribution in [0.3, 0.4) is 0 Å². The van der Waals surface area contributed by atoms with E-state index in [2.05, 4.69) is 29.2 Å². The van der Waals surface area contributed by atoms with Crippen molar-refractivity contribution >= 4 is 9.19 Å². The van der Waals surface area contributed by atoms with Gasteiger partial charge in [-0.25, -0.2) is 0 Å². The third-order valence-electron chi connectivity index (χ3n) is 0.901. The number of hydrogen-bond donors (Lipinski definition) is 0. The summed E-state index contributed by atoms with van der Waals surface area (Å²) in [6, 6.07) is 0. The number of nitrogens with zero attached hydrogens (tertiary/aromatic N) is 2. The van der Waals surface area contributed by atoms with Gasteiger partial charge < -0.3 is 9.80 Å². The van der Waals surface area contributed by atoms with Crippen molar-refractivity contribution in [3.05, 3.63) is 19.1 Å². The fourth-order valence-corrected chi connectivity index (χ4v) is 0.575. The van der Waals surface area contributed by atoms with Gasteiger partial charge in [0.25, 0.3) is 0 Å². The standard InChI is InChI=1S/C5H9N2.Ag.ClH/c1-6-3-4-7(2)5-6;;/h3-5H,1-2H3;;1H/q-1;+1;/p-1. The summed E-state index contributed by atoms with van der Waals surface area (Å²) in [5.74, 6) is 0. The van der Waals surface area contributed by atoms with Crippen LogP contribution in [-0.4, -0.2) is 23.9 Å². The predicted molar refractivity (Wildman–Crippen MR) is 34.8 cm³/mol. The van der Waals surface area contributed by atoms with Gasteiger partial charge in [0.05, 0.1) is 0 Å². The van der Waals surface area contributed by atoms with Crippen LogP contribution in [0.5, 0.6) is 0 Å². The molecule has 0 saturated heterocycles. The molecule has 0 radical (unpaired) electrons. The first-order chi connectivity index (χ1) is 4.29. The molecule has 1 rings (SSSR count). The zero-order valence-corrected chi connectivity index (χ0v) is 7.54. The van der Waals surface area contributed by atoms with E-state index in [1.807, 2.05) is 43.0 Å². The van der Waals surface area contributed by atoms with E-state index in [1.165, 1.54) is 0 Å². The number of rotatable bonds is 0. The first-order valence-electron chi connectivity index (χ1n) is 2.37. The van der Waals surface area contributed by atoms with Crippen LogP contribution < -0.4 is 0 Å². The van der Waals surface area contributed by atoms with Crippen molar-refractivity contribution in [1.82, 2.24) is 9.80 Å². The summed E-state index contributed by atoms with van der Waals surface area (Å²) < 4.78 is 0. The summed E-state index contributed by atoms with van der Waals surface area (Å²) in [5, 5.41) is 0. The Hall–Kier alpha value is 0.370. The van der Waals surface area contributed by atoms with Crippen LogP contribution in [0.2, 0.25) is 0 Å². The molecule has 0 aromatic rings. The first-order valence-corrected chi connectivity index (χ1v) is 4.28. The molecule has 0 N–H and O–H groups in total. The number of halogens is 1. The Kier molecular flexibility index (Phi) is 5.39. The molecule has 2 nitrogen and oxygen atoms in total. The van der Waals surface area contributed by atoms with Crippen LogP contribution in [0.4, 0.5) is 0 Å². The molecule has 0 amide bonds. The van der Waals surface area contributed by atoms with Crippen LogP contribution in [0, 0.1) is 6.67 Å². The molecule has 0 bridgehead atoms. The van der Waals surface area contributed by atoms with Gasteiger partial charge in [-0.3, -0.25) is 0 Å². The fourth-order valence-electron chi connectivity index (χ4n) is 0.575. The van der Waals surface area contributed by atoms with E-state index < -0.39 is 0 Å². The normalized spacial score (nSPS) is 15.7. The molecule has 0 saturated carbocycles. The molecule has 0 fully saturated rings. The molecular formula is C5H9AgClN2-. The van der Waals surface area contributed by atoms with E-state index in [9.17, 15) is 0 Å². The zero-order valence-electron chi connectivity index (χ0n) is 5.31. The van der Waals surface area contributed by atoms with Crippen LogP contribution in [0.25, 0.3) is 0 Å². The number of hydrogen-bond acceptors (Lipinski definition) is 2. The van der Waals surface area contributed by atoms with Crippen molar-refractivity contribution in [1.29, 1.82) is 0 Å². The van der Waals surface area contributed by atoms with Gasteiger partial charge in [-0.05, 0) is 26.5 Å². The molecule has 4 heteroatoms. The summed E-state index contributed by atoms with van der Waals surface area (Å²) in [6.07, 6.45) is 4.00. The van der Waals surface area contributed by atoms with Gasteiger partial charge in [-0.15, -0.1) is 0 Å². The molecule has 0 atom stereocenters. The molecule has 0 aliphatic carbocycles. The predicted octanol–water partition coefficient (Wildman–Crippen LogP) is 1.14. The van der Waals surface area contributed by atoms with Crippen molar-refractivity contribution in [2.75, 3.05) is 14.1 Å². The van der Waals surface area contributed by atoms with Gasteiger partial charge in [0.15, 0.2) is 0 Å². The van der Waals surface area contributed by atoms with Crippen LogP contribution >= 0.6 is 9.19 Å². The molecule has 0 aromatic carbocycles. The van der Waals surface area contributed by atoms with Gasteiger partial charge in [0.1, 0.15) is 0 Å². The van der Waals surface area contributed by atoms with Gasteiger partial charge >= 0.3 is 29.2 Å². The van der Waals surface area contributed by atoms with Crippen LogP contribution in [-0.2, 0) is 20.0 Å². The van der Waals surface area contributed by atoms with Crippen LogP contribution in [0.1, 0.15) is 0 Å². The summed E-state index contributed by atoms with van der Waals surface area (Å²) in [5.41, 5.74) is 0. The summed E-state index contributed by atoms with van der Waals surface area (Å²) in [4.78, 5) is 4.00. The van der Waals surface area contributed by atoms with Gasteiger partial charge in [-0.2, -0.15) is 6.67 Å². The average Bonchev–Trinajstić information content (AvgIpc) is 2.20. The summed E-state index contributed by atoms with van der Waals surface area (Å²) >= 11 is 2.42. The second-order valence-corrected chi connectivity index (χ2v) is 1.74. The molecule has 58 valence electrons. The van der Waals surface area contributed by atoms with Gasteiger partial charge in [0.2, 0.25) is 0 Å². The van der Waals surface area contributed by atoms with Crippen LogP contribution in [0.15, 0.2) is 12.4 Å². The Labute approximate surface area is 72.2 Å². The van der Waals surface area contributed by atoms with E-state index in [0.29, 0.717) is 0 Å². The van der Waals surface area contributed by atoms with Crippen molar-refractivity contribution in [2.24, 2.45) is 0 Å². The molecular weight excluding hydrogens is 231 g/mol. The maximum atomic E-state index is 4.45. The van der Waals surface area contributed by atoms with E-state index in [1.54, 1.807) is 0 Å². The molecule has 9 heavy (non-hydrogen) atoms. The quantitative estimate of drug-likeness (QED) is 0.463. The van der Waals surface area contributed by atoms with Crippen molar-refractivity contribution in [3.63, 3.8) is 0 Å². The zero-order chi connectivity index (χ0) is 7.28. The topological polar surface area (TPSA) is 6.48 Å². The first kappa shape index (κ1) is 9.37. The molecule has 1 aliphatic rings. The third-order valence-corrected chi connectivity index (χ3v) is 0.901. The second kappa shape index (κ2) is 5.18. The molecule has 1 aliphatic heterocycles. The Balaban J connectivity index is 0.000000291. The van der Waals surface area contributed by atoms with Gasteiger partial charge in [-0.1, -0.05) is 0 Å². The molecule has 0 aromatic heterocycles. The average molecular weight is 240 g/mol. The monoisotopic (exact) mass is 239 g/mol. The van der Waals surface area contributed by atoms with Crippen molar-refractivity contribution in [2.45, 2.75) is 0 Å². The second-order valence-electron chi connectivity index (χ2n) is 1.74. The van der Waals surface area contributed by atoms with E-state index in [4.69, 9.17) is 0 Å². The van der Waals surface area contributed by atoms with E-state index in [-0.39, 0.29) is 0 Å². The Bertz CT molecular complexity index is 87.0. The van der Waals surface area contributed by atoms with E-state index >= 15 is 0 Å². The Morgan fingerprint density at radius 3 is 1.67 bits per heavy atom. The summed E-state index contributed by atoms with van der Waals surface area (Å²) in [6.45, 7) is 2.00. The fraction of sp³-hybridized carbons (Fsp3) is 0.400. The third kappa shape index (κ3) is 3.87. The Morgan fingerprint density at radius 1 is 1.22 bits per heavy atom. The van der Waals surface area contributed by atoms with Crippen molar-refractivity contribution < 1.29 is 20.0 Å². The molecule has 0 spiro atoms. The SMILES string of the molecule is CN1C=CN(C)[CH-]1.[Cl][Ag]. The maximum absolute atomic E-state index is 4.45. The minimum atomic E-state index is 2.00. The molecule has 0 unspecified atom stereocenters.